The molecule has 2 N–H and O–H groups in total. The van der Waals surface area contributed by atoms with Gasteiger partial charge >= 0.3 is 0 Å². The van der Waals surface area contributed by atoms with Crippen LogP contribution in [-0.4, -0.2) is 54.8 Å². The third-order valence-corrected chi connectivity index (χ3v) is 7.02. The van der Waals surface area contributed by atoms with E-state index in [1.165, 1.54) is 10.4 Å². The monoisotopic (exact) mass is 405 g/mol. The van der Waals surface area contributed by atoms with Crippen LogP contribution in [0.2, 0.25) is 0 Å². The number of aromatic amines is 1. The van der Waals surface area contributed by atoms with Crippen LogP contribution in [0.15, 0.2) is 35.5 Å². The molecule has 0 spiro atoms. The number of hydrogen-bond donors (Lipinski definition) is 2. The van der Waals surface area contributed by atoms with E-state index in [1.807, 2.05) is 0 Å². The topological polar surface area (TPSA) is 98.4 Å². The van der Waals surface area contributed by atoms with Crippen LogP contribution in [0.3, 0.4) is 0 Å². The second-order valence-corrected chi connectivity index (χ2v) is 8.62. The lowest BCUT2D eigenvalue weighted by molar-refractivity contribution is 0.0950. The molecular weight excluding hydrogens is 378 g/mol. The quantitative estimate of drug-likeness (QED) is 0.700. The van der Waals surface area contributed by atoms with Gasteiger partial charge in [-0.2, -0.15) is 4.31 Å². The largest absolute Gasteiger partial charge is 0.371 e. The summed E-state index contributed by atoms with van der Waals surface area (Å²) in [7, 11) is -3.64. The maximum atomic E-state index is 12.9. The molecule has 1 aliphatic heterocycles. The molecule has 0 bridgehead atoms. The van der Waals surface area contributed by atoms with Crippen LogP contribution in [0.4, 0.5) is 5.69 Å². The lowest BCUT2D eigenvalue weighted by Gasteiger charge is -2.23. The highest BCUT2D eigenvalue weighted by Gasteiger charge is 2.26. The molecule has 1 fully saturated rings. The van der Waals surface area contributed by atoms with Gasteiger partial charge in [-0.05, 0) is 31.0 Å². The second-order valence-electron chi connectivity index (χ2n) is 6.68. The van der Waals surface area contributed by atoms with Gasteiger partial charge in [0.15, 0.2) is 0 Å². The zero-order chi connectivity index (χ0) is 20.1. The number of nitrogens with zero attached hydrogens (tertiary/aromatic N) is 3. The van der Waals surface area contributed by atoms with Crippen molar-refractivity contribution in [2.75, 3.05) is 31.1 Å². The van der Waals surface area contributed by atoms with Crippen molar-refractivity contribution < 1.29 is 13.2 Å². The van der Waals surface area contributed by atoms with Crippen molar-refractivity contribution in [3.8, 4) is 0 Å². The normalized spacial score (nSPS) is 14.6. The smallest absolute Gasteiger partial charge is 0.253 e. The summed E-state index contributed by atoms with van der Waals surface area (Å²) < 4.78 is 27.2. The predicted octanol–water partition coefficient (Wildman–Crippen LogP) is 1.97. The predicted molar refractivity (Wildman–Crippen MR) is 108 cm³/mol. The van der Waals surface area contributed by atoms with Crippen molar-refractivity contribution in [2.45, 2.75) is 38.1 Å². The van der Waals surface area contributed by atoms with Crippen LogP contribution in [-0.2, 0) is 16.6 Å². The Labute approximate surface area is 166 Å². The van der Waals surface area contributed by atoms with Gasteiger partial charge in [0.2, 0.25) is 10.0 Å². The number of sulfonamides is 1. The molecule has 0 aliphatic carbocycles. The molecule has 2 heterocycles. The van der Waals surface area contributed by atoms with Crippen LogP contribution in [0.5, 0.6) is 0 Å². The van der Waals surface area contributed by atoms with E-state index in [9.17, 15) is 13.2 Å². The summed E-state index contributed by atoms with van der Waals surface area (Å²) in [5.74, 6) is 0.331. The molecule has 1 aliphatic rings. The first-order valence-electron chi connectivity index (χ1n) is 9.63. The Kier molecular flexibility index (Phi) is 6.35. The molecule has 3 rings (SSSR count). The number of H-pyrrole nitrogens is 1. The minimum atomic E-state index is -3.64. The van der Waals surface area contributed by atoms with Gasteiger partial charge in [-0.25, -0.2) is 13.4 Å². The van der Waals surface area contributed by atoms with E-state index in [0.717, 1.165) is 31.6 Å². The van der Waals surface area contributed by atoms with Crippen molar-refractivity contribution >= 4 is 21.6 Å². The van der Waals surface area contributed by atoms with Gasteiger partial charge in [0, 0.05) is 44.3 Å². The summed E-state index contributed by atoms with van der Waals surface area (Å²) in [5, 5.41) is 2.83. The van der Waals surface area contributed by atoms with Crippen molar-refractivity contribution in [1.29, 1.82) is 0 Å². The average Bonchev–Trinajstić information content (AvgIpc) is 3.40. The highest BCUT2D eigenvalue weighted by Crippen LogP contribution is 2.28. The lowest BCUT2D eigenvalue weighted by Crippen LogP contribution is -2.32. The van der Waals surface area contributed by atoms with Crippen LogP contribution in [0, 0.1) is 0 Å². The number of nitrogens with one attached hydrogen (secondary N) is 2. The van der Waals surface area contributed by atoms with E-state index >= 15 is 0 Å². The molecule has 0 saturated carbocycles. The molecule has 28 heavy (non-hydrogen) atoms. The van der Waals surface area contributed by atoms with Gasteiger partial charge in [0.1, 0.15) is 5.82 Å². The highest BCUT2D eigenvalue weighted by molar-refractivity contribution is 7.89. The number of hydrogen-bond acceptors (Lipinski definition) is 5. The van der Waals surface area contributed by atoms with Crippen molar-refractivity contribution in [3.63, 3.8) is 0 Å². The Balaban J connectivity index is 1.94. The Morgan fingerprint density at radius 1 is 1.25 bits per heavy atom. The first-order valence-corrected chi connectivity index (χ1v) is 11.1. The average molecular weight is 406 g/mol. The Bertz CT molecular complexity index is 902. The first-order chi connectivity index (χ1) is 13.5. The van der Waals surface area contributed by atoms with E-state index in [1.54, 1.807) is 38.4 Å². The summed E-state index contributed by atoms with van der Waals surface area (Å²) in [5.41, 5.74) is 1.15. The molecule has 1 amide bonds. The van der Waals surface area contributed by atoms with Crippen molar-refractivity contribution in [1.82, 2.24) is 19.6 Å². The fourth-order valence-electron chi connectivity index (χ4n) is 3.46. The van der Waals surface area contributed by atoms with Gasteiger partial charge in [-0.15, -0.1) is 0 Å². The summed E-state index contributed by atoms with van der Waals surface area (Å²) in [6, 6.07) is 4.85. The first kappa shape index (κ1) is 20.3. The van der Waals surface area contributed by atoms with Crippen LogP contribution in [0.1, 0.15) is 42.9 Å². The Morgan fingerprint density at radius 2 is 1.96 bits per heavy atom. The standard InChI is InChI=1S/C19H27N5O3S/c1-3-24(4-2)28(26,27)15-7-8-17(23-11-5-6-12-23)16(13-15)19(25)22-14-18-20-9-10-21-18/h7-10,13H,3-6,11-12,14H2,1-2H3,(H,20,21)(H,22,25). The molecule has 0 unspecified atom stereocenters. The maximum Gasteiger partial charge on any atom is 0.253 e. The molecule has 1 aromatic carbocycles. The van der Waals surface area contributed by atoms with E-state index in [2.05, 4.69) is 20.2 Å². The zero-order valence-corrected chi connectivity index (χ0v) is 17.1. The van der Waals surface area contributed by atoms with E-state index in [-0.39, 0.29) is 17.3 Å². The SMILES string of the molecule is CCN(CC)S(=O)(=O)c1ccc(N2CCCC2)c(C(=O)NCc2ncc[nH]2)c1. The van der Waals surface area contributed by atoms with Gasteiger partial charge < -0.3 is 15.2 Å². The number of carbonyl (C=O) groups excluding carboxylic acids is 1. The minimum Gasteiger partial charge on any atom is -0.371 e. The lowest BCUT2D eigenvalue weighted by atomic mass is 10.1. The molecule has 152 valence electrons. The molecule has 2 aromatic rings. The molecule has 8 nitrogen and oxygen atoms in total. The second kappa shape index (κ2) is 8.74. The highest BCUT2D eigenvalue weighted by atomic mass is 32.2. The fourth-order valence-corrected chi connectivity index (χ4v) is 4.94. The van der Waals surface area contributed by atoms with Crippen LogP contribution < -0.4 is 10.2 Å². The summed E-state index contributed by atoms with van der Waals surface area (Å²) in [4.78, 5) is 22.2. The van der Waals surface area contributed by atoms with Gasteiger partial charge in [-0.1, -0.05) is 13.8 Å². The number of benzene rings is 1. The maximum absolute atomic E-state index is 12.9. The molecule has 9 heteroatoms. The molecular formula is C19H27N5O3S. The number of aromatic nitrogens is 2. The molecule has 0 radical (unpaired) electrons. The van der Waals surface area contributed by atoms with Crippen molar-refractivity contribution in [3.05, 3.63) is 42.0 Å². The third-order valence-electron chi connectivity index (χ3n) is 4.97. The van der Waals surface area contributed by atoms with E-state index in [4.69, 9.17) is 0 Å². The summed E-state index contributed by atoms with van der Waals surface area (Å²) in [6.07, 6.45) is 5.43. The van der Waals surface area contributed by atoms with E-state index < -0.39 is 10.0 Å². The zero-order valence-electron chi connectivity index (χ0n) is 16.3. The molecule has 0 atom stereocenters. The van der Waals surface area contributed by atoms with Gasteiger partial charge in [-0.3, -0.25) is 4.79 Å². The number of rotatable bonds is 8. The summed E-state index contributed by atoms with van der Waals surface area (Å²) >= 11 is 0. The number of imidazole rings is 1. The van der Waals surface area contributed by atoms with Gasteiger partial charge in [0.25, 0.3) is 5.91 Å². The summed E-state index contributed by atoms with van der Waals surface area (Å²) in [6.45, 7) is 6.34. The Hall–Kier alpha value is -2.39. The molecule has 1 saturated heterocycles. The minimum absolute atomic E-state index is 0.141. The number of amides is 1. The Morgan fingerprint density at radius 3 is 2.57 bits per heavy atom. The fraction of sp³-hybridized carbons (Fsp3) is 0.474. The third kappa shape index (κ3) is 4.20. The van der Waals surface area contributed by atoms with Gasteiger partial charge in [0.05, 0.1) is 17.0 Å². The number of anilines is 1. The van der Waals surface area contributed by atoms with E-state index in [0.29, 0.717) is 24.5 Å². The van der Waals surface area contributed by atoms with Crippen LogP contribution >= 0.6 is 0 Å². The number of carbonyl (C=O) groups is 1. The van der Waals surface area contributed by atoms with Crippen LogP contribution in [0.25, 0.3) is 0 Å². The molecule has 1 aromatic heterocycles. The van der Waals surface area contributed by atoms with Crippen molar-refractivity contribution in [2.24, 2.45) is 0 Å².